The van der Waals surface area contributed by atoms with Crippen LogP contribution in [0, 0.1) is 16.0 Å². The zero-order chi connectivity index (χ0) is 15.2. The van der Waals surface area contributed by atoms with Crippen molar-refractivity contribution in [1.29, 1.82) is 0 Å². The summed E-state index contributed by atoms with van der Waals surface area (Å²) in [6, 6.07) is 5.61. The van der Waals surface area contributed by atoms with Crippen LogP contribution in [0.1, 0.15) is 38.2 Å². The summed E-state index contributed by atoms with van der Waals surface area (Å²) in [5.41, 5.74) is 1.11. The van der Waals surface area contributed by atoms with E-state index in [0.717, 1.165) is 24.9 Å². The van der Waals surface area contributed by atoms with E-state index in [1.807, 2.05) is 6.07 Å². The number of ether oxygens (including phenoxy) is 1. The van der Waals surface area contributed by atoms with Crippen molar-refractivity contribution < 1.29 is 9.66 Å². The zero-order valence-electron chi connectivity index (χ0n) is 12.8. The first-order valence-corrected chi connectivity index (χ1v) is 7.69. The fourth-order valence-electron chi connectivity index (χ4n) is 3.17. The average Bonchev–Trinajstić information content (AvgIpc) is 2.91. The number of nitrogens with zero attached hydrogens (tertiary/aromatic N) is 1. The summed E-state index contributed by atoms with van der Waals surface area (Å²) in [6.45, 7) is 3.21. The van der Waals surface area contributed by atoms with Gasteiger partial charge in [-0.2, -0.15) is 0 Å². The molecule has 2 unspecified atom stereocenters. The van der Waals surface area contributed by atoms with E-state index >= 15 is 0 Å². The van der Waals surface area contributed by atoms with Crippen LogP contribution in [0.2, 0.25) is 0 Å². The second-order valence-corrected chi connectivity index (χ2v) is 5.75. The second-order valence-electron chi connectivity index (χ2n) is 5.75. The molecule has 1 saturated carbocycles. The van der Waals surface area contributed by atoms with Crippen LogP contribution in [0.15, 0.2) is 18.2 Å². The van der Waals surface area contributed by atoms with Gasteiger partial charge >= 0.3 is 0 Å². The molecular weight excluding hydrogens is 268 g/mol. The van der Waals surface area contributed by atoms with Gasteiger partial charge in [0, 0.05) is 12.1 Å². The fourth-order valence-corrected chi connectivity index (χ4v) is 3.17. The summed E-state index contributed by atoms with van der Waals surface area (Å²) in [5.74, 6) is 1.12. The highest BCUT2D eigenvalue weighted by atomic mass is 16.6. The Balaban J connectivity index is 2.10. The number of methoxy groups -OCH3 is 1. The number of hydrogen-bond acceptors (Lipinski definition) is 4. The molecule has 1 aromatic carbocycles. The van der Waals surface area contributed by atoms with E-state index in [-0.39, 0.29) is 10.6 Å². The first-order valence-electron chi connectivity index (χ1n) is 7.69. The van der Waals surface area contributed by atoms with Gasteiger partial charge < -0.3 is 10.1 Å². The molecule has 0 saturated heterocycles. The number of nitro groups is 1. The number of rotatable bonds is 7. The standard InChI is InChI=1S/C16H24N2O3/c1-3-7-17-16-6-4-5-13(16)8-12-9-14(18(19)20)11-15(10-12)21-2/h9-11,13,16-17H,3-8H2,1-2H3. The minimum absolute atomic E-state index is 0.111. The molecule has 1 aromatic rings. The maximum absolute atomic E-state index is 11.0. The van der Waals surface area contributed by atoms with E-state index < -0.39 is 0 Å². The van der Waals surface area contributed by atoms with Gasteiger partial charge in [-0.15, -0.1) is 0 Å². The molecule has 0 aliphatic heterocycles. The van der Waals surface area contributed by atoms with Crippen molar-refractivity contribution in [3.63, 3.8) is 0 Å². The van der Waals surface area contributed by atoms with Gasteiger partial charge in [-0.1, -0.05) is 13.3 Å². The van der Waals surface area contributed by atoms with Gasteiger partial charge in [-0.25, -0.2) is 0 Å². The maximum atomic E-state index is 11.0. The number of non-ortho nitro benzene ring substituents is 1. The molecule has 21 heavy (non-hydrogen) atoms. The van der Waals surface area contributed by atoms with Crippen molar-refractivity contribution >= 4 is 5.69 Å². The Morgan fingerprint density at radius 3 is 2.86 bits per heavy atom. The number of nitro benzene ring substituents is 1. The summed E-state index contributed by atoms with van der Waals surface area (Å²) >= 11 is 0. The third-order valence-electron chi connectivity index (χ3n) is 4.21. The molecule has 2 rings (SSSR count). The molecule has 0 spiro atoms. The van der Waals surface area contributed by atoms with Crippen LogP contribution in [-0.4, -0.2) is 24.6 Å². The molecule has 1 aliphatic rings. The lowest BCUT2D eigenvalue weighted by Crippen LogP contribution is -2.33. The Morgan fingerprint density at radius 2 is 2.19 bits per heavy atom. The van der Waals surface area contributed by atoms with Crippen molar-refractivity contribution in [2.75, 3.05) is 13.7 Å². The lowest BCUT2D eigenvalue weighted by atomic mass is 9.94. The predicted octanol–water partition coefficient (Wildman–Crippen LogP) is 3.31. The molecule has 0 bridgehead atoms. The van der Waals surface area contributed by atoms with Gasteiger partial charge in [0.1, 0.15) is 5.75 Å². The molecule has 1 fully saturated rings. The Labute approximate surface area is 125 Å². The highest BCUT2D eigenvalue weighted by Gasteiger charge is 2.27. The predicted molar refractivity (Wildman–Crippen MR) is 82.8 cm³/mol. The summed E-state index contributed by atoms with van der Waals surface area (Å²) in [7, 11) is 1.55. The average molecular weight is 292 g/mol. The molecule has 0 aromatic heterocycles. The van der Waals surface area contributed by atoms with Gasteiger partial charge in [0.05, 0.1) is 18.1 Å². The van der Waals surface area contributed by atoms with Gasteiger partial charge in [-0.05, 0) is 49.8 Å². The van der Waals surface area contributed by atoms with Crippen LogP contribution in [0.4, 0.5) is 5.69 Å². The molecule has 1 N–H and O–H groups in total. The maximum Gasteiger partial charge on any atom is 0.273 e. The largest absolute Gasteiger partial charge is 0.496 e. The topological polar surface area (TPSA) is 64.4 Å². The summed E-state index contributed by atoms with van der Waals surface area (Å²) in [6.07, 6.45) is 5.63. The quantitative estimate of drug-likeness (QED) is 0.618. The highest BCUT2D eigenvalue weighted by Crippen LogP contribution is 2.31. The zero-order valence-corrected chi connectivity index (χ0v) is 12.8. The Kier molecular flexibility index (Phi) is 5.56. The Hall–Kier alpha value is -1.62. The minimum atomic E-state index is -0.354. The van der Waals surface area contributed by atoms with Crippen LogP contribution in [0.25, 0.3) is 0 Å². The third-order valence-corrected chi connectivity index (χ3v) is 4.21. The van der Waals surface area contributed by atoms with Crippen LogP contribution < -0.4 is 10.1 Å². The minimum Gasteiger partial charge on any atom is -0.496 e. The van der Waals surface area contributed by atoms with Gasteiger partial charge in [0.15, 0.2) is 0 Å². The summed E-state index contributed by atoms with van der Waals surface area (Å²) in [5, 5.41) is 14.6. The van der Waals surface area contributed by atoms with E-state index in [1.165, 1.54) is 25.3 Å². The van der Waals surface area contributed by atoms with Crippen molar-refractivity contribution in [2.45, 2.75) is 45.1 Å². The third kappa shape index (κ3) is 4.17. The molecule has 1 aliphatic carbocycles. The molecule has 0 amide bonds. The normalized spacial score (nSPS) is 21.4. The van der Waals surface area contributed by atoms with Crippen LogP contribution in [-0.2, 0) is 6.42 Å². The van der Waals surface area contributed by atoms with Crippen molar-refractivity contribution in [2.24, 2.45) is 5.92 Å². The smallest absolute Gasteiger partial charge is 0.273 e. The van der Waals surface area contributed by atoms with Crippen molar-refractivity contribution in [1.82, 2.24) is 5.32 Å². The van der Waals surface area contributed by atoms with E-state index in [2.05, 4.69) is 12.2 Å². The molecule has 0 radical (unpaired) electrons. The number of benzene rings is 1. The van der Waals surface area contributed by atoms with Crippen LogP contribution in [0.5, 0.6) is 5.75 Å². The lowest BCUT2D eigenvalue weighted by Gasteiger charge is -2.21. The summed E-state index contributed by atoms with van der Waals surface area (Å²) < 4.78 is 5.18. The monoisotopic (exact) mass is 292 g/mol. The van der Waals surface area contributed by atoms with Gasteiger partial charge in [0.25, 0.3) is 5.69 Å². The fraction of sp³-hybridized carbons (Fsp3) is 0.625. The molecule has 5 heteroatoms. The van der Waals surface area contributed by atoms with Gasteiger partial charge in [0.2, 0.25) is 0 Å². The van der Waals surface area contributed by atoms with E-state index in [9.17, 15) is 10.1 Å². The number of hydrogen-bond donors (Lipinski definition) is 1. The van der Waals surface area contributed by atoms with Crippen LogP contribution in [0.3, 0.4) is 0 Å². The van der Waals surface area contributed by atoms with E-state index in [1.54, 1.807) is 13.2 Å². The Morgan fingerprint density at radius 1 is 1.38 bits per heavy atom. The molecular formula is C16H24N2O3. The first kappa shape index (κ1) is 15.8. The molecule has 116 valence electrons. The second kappa shape index (κ2) is 7.41. The van der Waals surface area contributed by atoms with Crippen molar-refractivity contribution in [3.05, 3.63) is 33.9 Å². The van der Waals surface area contributed by atoms with E-state index in [0.29, 0.717) is 17.7 Å². The molecule has 0 heterocycles. The van der Waals surface area contributed by atoms with Crippen LogP contribution >= 0.6 is 0 Å². The van der Waals surface area contributed by atoms with E-state index in [4.69, 9.17) is 4.74 Å². The number of nitrogens with one attached hydrogen (secondary N) is 1. The first-order chi connectivity index (χ1) is 10.1. The lowest BCUT2D eigenvalue weighted by molar-refractivity contribution is -0.385. The molecule has 5 nitrogen and oxygen atoms in total. The summed E-state index contributed by atoms with van der Waals surface area (Å²) in [4.78, 5) is 10.6. The van der Waals surface area contributed by atoms with Crippen molar-refractivity contribution in [3.8, 4) is 5.75 Å². The van der Waals surface area contributed by atoms with Gasteiger partial charge in [-0.3, -0.25) is 10.1 Å². The highest BCUT2D eigenvalue weighted by molar-refractivity contribution is 5.43. The molecule has 2 atom stereocenters. The Bertz CT molecular complexity index is 490. The SMILES string of the molecule is CCCNC1CCCC1Cc1cc(OC)cc([N+](=O)[O-])c1.